The summed E-state index contributed by atoms with van der Waals surface area (Å²) in [5.41, 5.74) is 0. The summed E-state index contributed by atoms with van der Waals surface area (Å²) in [7, 11) is 0. The van der Waals surface area contributed by atoms with Gasteiger partial charge in [-0.05, 0) is 13.8 Å². The Balaban J connectivity index is 2.18. The van der Waals surface area contributed by atoms with Crippen LogP contribution < -0.4 is 0 Å². The second-order valence-electron chi connectivity index (χ2n) is 3.14. The molecule has 0 saturated carbocycles. The molecule has 0 atom stereocenters. The fourth-order valence-corrected chi connectivity index (χ4v) is 1.13. The first-order chi connectivity index (χ1) is 4.61. The molecular weight excluding hydrogens is 136 g/mol. The van der Waals surface area contributed by atoms with Gasteiger partial charge in [0.05, 0.1) is 0 Å². The molecule has 1 nitrogen and oxygen atoms in total. The van der Waals surface area contributed by atoms with Crippen molar-refractivity contribution in [3.8, 4) is 0 Å². The lowest BCUT2D eigenvalue weighted by atomic mass is 9.99. The second kappa shape index (κ2) is 2.82. The fraction of sp³-hybridized carbons (Fsp3) is 1.00. The first-order valence-electron chi connectivity index (χ1n) is 3.63. The van der Waals surface area contributed by atoms with Gasteiger partial charge in [0.1, 0.15) is 0 Å². The summed E-state index contributed by atoms with van der Waals surface area (Å²) in [4.78, 5) is 2.05. The molecule has 0 aliphatic carbocycles. The minimum atomic E-state index is -2.12. The minimum Gasteiger partial charge on any atom is -0.300 e. The van der Waals surface area contributed by atoms with Crippen molar-refractivity contribution >= 4 is 0 Å². The van der Waals surface area contributed by atoms with Gasteiger partial charge < -0.3 is 0 Å². The van der Waals surface area contributed by atoms with Crippen molar-refractivity contribution in [2.24, 2.45) is 5.92 Å². The zero-order valence-corrected chi connectivity index (χ0v) is 6.35. The highest BCUT2D eigenvalue weighted by atomic mass is 19.3. The Hall–Kier alpha value is -0.180. The monoisotopic (exact) mass is 149 g/mol. The van der Waals surface area contributed by atoms with Crippen molar-refractivity contribution in [3.63, 3.8) is 0 Å². The molecule has 1 saturated heterocycles. The number of hydrogen-bond acceptors (Lipinski definition) is 1. The molecule has 0 unspecified atom stereocenters. The van der Waals surface area contributed by atoms with Crippen LogP contribution in [0.25, 0.3) is 0 Å². The Labute approximate surface area is 60.0 Å². The van der Waals surface area contributed by atoms with E-state index in [0.717, 1.165) is 0 Å². The number of rotatable bonds is 2. The summed E-state index contributed by atoms with van der Waals surface area (Å²) < 4.78 is 23.8. The summed E-state index contributed by atoms with van der Waals surface area (Å²) in [5, 5.41) is 0. The van der Waals surface area contributed by atoms with E-state index < -0.39 is 6.43 Å². The SMILES string of the molecule is CC(C)N1CC(C(F)F)C1. The summed E-state index contributed by atoms with van der Waals surface area (Å²) in [6, 6.07) is 0.426. The molecule has 1 heterocycles. The lowest BCUT2D eigenvalue weighted by molar-refractivity contribution is -0.0375. The van der Waals surface area contributed by atoms with E-state index in [9.17, 15) is 8.78 Å². The molecule has 0 radical (unpaired) electrons. The van der Waals surface area contributed by atoms with Gasteiger partial charge in [0.15, 0.2) is 0 Å². The molecule has 0 N–H and O–H groups in total. The molecule has 0 aromatic carbocycles. The van der Waals surface area contributed by atoms with Crippen LogP contribution in [-0.2, 0) is 0 Å². The molecule has 3 heteroatoms. The van der Waals surface area contributed by atoms with Crippen molar-refractivity contribution in [2.75, 3.05) is 13.1 Å². The van der Waals surface area contributed by atoms with Gasteiger partial charge in [0, 0.05) is 25.0 Å². The normalized spacial score (nSPS) is 22.2. The lowest BCUT2D eigenvalue weighted by Crippen LogP contribution is -2.52. The van der Waals surface area contributed by atoms with Crippen LogP contribution in [0.3, 0.4) is 0 Å². The summed E-state index contributed by atoms with van der Waals surface area (Å²) >= 11 is 0. The molecule has 1 rings (SSSR count). The topological polar surface area (TPSA) is 3.24 Å². The van der Waals surface area contributed by atoms with Crippen LogP contribution in [-0.4, -0.2) is 30.5 Å². The van der Waals surface area contributed by atoms with Crippen LogP contribution in [0.4, 0.5) is 8.78 Å². The van der Waals surface area contributed by atoms with Crippen molar-refractivity contribution in [2.45, 2.75) is 26.3 Å². The number of halogens is 2. The van der Waals surface area contributed by atoms with Crippen LogP contribution in [0.15, 0.2) is 0 Å². The molecule has 0 aromatic rings. The van der Waals surface area contributed by atoms with E-state index in [1.54, 1.807) is 0 Å². The molecule has 1 fully saturated rings. The number of alkyl halides is 2. The molecule has 10 heavy (non-hydrogen) atoms. The molecule has 60 valence electrons. The predicted molar refractivity (Wildman–Crippen MR) is 36.2 cm³/mol. The summed E-state index contributed by atoms with van der Waals surface area (Å²) in [6.45, 7) is 5.22. The van der Waals surface area contributed by atoms with Gasteiger partial charge >= 0.3 is 0 Å². The molecule has 0 amide bonds. The standard InChI is InChI=1S/C7H13F2N/c1-5(2)10-3-6(4-10)7(8)9/h5-7H,3-4H2,1-2H3. The van der Waals surface area contributed by atoms with Gasteiger partial charge in [-0.25, -0.2) is 8.78 Å². The van der Waals surface area contributed by atoms with E-state index in [4.69, 9.17) is 0 Å². The highest BCUT2D eigenvalue weighted by Gasteiger charge is 2.34. The van der Waals surface area contributed by atoms with Crippen molar-refractivity contribution in [3.05, 3.63) is 0 Å². The van der Waals surface area contributed by atoms with Crippen molar-refractivity contribution in [1.82, 2.24) is 4.90 Å². The van der Waals surface area contributed by atoms with E-state index in [0.29, 0.717) is 19.1 Å². The van der Waals surface area contributed by atoms with Crippen LogP contribution in [0.5, 0.6) is 0 Å². The average molecular weight is 149 g/mol. The highest BCUT2D eigenvalue weighted by Crippen LogP contribution is 2.23. The first kappa shape index (κ1) is 7.92. The predicted octanol–water partition coefficient (Wildman–Crippen LogP) is 1.59. The van der Waals surface area contributed by atoms with Gasteiger partial charge in [-0.2, -0.15) is 0 Å². The molecule has 0 spiro atoms. The van der Waals surface area contributed by atoms with Gasteiger partial charge in [-0.1, -0.05) is 0 Å². The Morgan fingerprint density at radius 3 is 2.10 bits per heavy atom. The zero-order chi connectivity index (χ0) is 7.72. The van der Waals surface area contributed by atoms with E-state index in [1.165, 1.54) is 0 Å². The van der Waals surface area contributed by atoms with Crippen LogP contribution in [0.1, 0.15) is 13.8 Å². The molecule has 1 aliphatic heterocycles. The maximum absolute atomic E-state index is 11.9. The first-order valence-corrected chi connectivity index (χ1v) is 3.63. The number of hydrogen-bond donors (Lipinski definition) is 0. The van der Waals surface area contributed by atoms with E-state index in [-0.39, 0.29) is 5.92 Å². The zero-order valence-electron chi connectivity index (χ0n) is 6.35. The van der Waals surface area contributed by atoms with E-state index >= 15 is 0 Å². The summed E-state index contributed by atoms with van der Waals surface area (Å²) in [6.07, 6.45) is -2.12. The van der Waals surface area contributed by atoms with E-state index in [2.05, 4.69) is 4.90 Å². The van der Waals surface area contributed by atoms with E-state index in [1.807, 2.05) is 13.8 Å². The van der Waals surface area contributed by atoms with Gasteiger partial charge in [0.25, 0.3) is 0 Å². The third kappa shape index (κ3) is 1.45. The summed E-state index contributed by atoms with van der Waals surface area (Å²) in [5.74, 6) is -0.359. The second-order valence-corrected chi connectivity index (χ2v) is 3.14. The number of nitrogens with zero attached hydrogens (tertiary/aromatic N) is 1. The van der Waals surface area contributed by atoms with Gasteiger partial charge in [-0.15, -0.1) is 0 Å². The maximum Gasteiger partial charge on any atom is 0.243 e. The van der Waals surface area contributed by atoms with Crippen molar-refractivity contribution in [1.29, 1.82) is 0 Å². The average Bonchev–Trinajstić information content (AvgIpc) is 1.56. The third-order valence-electron chi connectivity index (χ3n) is 2.02. The van der Waals surface area contributed by atoms with Crippen LogP contribution in [0.2, 0.25) is 0 Å². The van der Waals surface area contributed by atoms with Gasteiger partial charge in [0.2, 0.25) is 6.43 Å². The largest absolute Gasteiger partial charge is 0.300 e. The smallest absolute Gasteiger partial charge is 0.243 e. The Morgan fingerprint density at radius 1 is 1.30 bits per heavy atom. The molecular formula is C7H13F2N. The quantitative estimate of drug-likeness (QED) is 0.576. The van der Waals surface area contributed by atoms with Crippen molar-refractivity contribution < 1.29 is 8.78 Å². The van der Waals surface area contributed by atoms with Crippen LogP contribution in [0, 0.1) is 5.92 Å². The number of likely N-dealkylation sites (tertiary alicyclic amines) is 1. The van der Waals surface area contributed by atoms with Gasteiger partial charge in [-0.3, -0.25) is 4.90 Å². The third-order valence-corrected chi connectivity index (χ3v) is 2.02. The Morgan fingerprint density at radius 2 is 1.80 bits per heavy atom. The highest BCUT2D eigenvalue weighted by molar-refractivity contribution is 4.83. The molecule has 0 bridgehead atoms. The molecule has 0 aromatic heterocycles. The van der Waals surface area contributed by atoms with Crippen LogP contribution >= 0.6 is 0 Å². The molecule has 1 aliphatic rings. The minimum absolute atomic E-state index is 0.359. The fourth-order valence-electron chi connectivity index (χ4n) is 1.13. The maximum atomic E-state index is 11.9. The lowest BCUT2D eigenvalue weighted by Gasteiger charge is -2.41. The Bertz CT molecular complexity index is 96.2. The Kier molecular flexibility index (Phi) is 2.24.